The second-order valence-electron chi connectivity index (χ2n) is 8.72. The standard InChI is InChI=1S/C26H25ClFN3O4/c1-26(32)22(34-14-18-10-6-3-7-11-18)20(15-33-13-17-8-4-2-5-9-17)35-25(26)31-12-19(28)21-23(27)29-16-30-24(21)31/h2-12,16,20,22,25,32H,13-15H2,1H3/t20-,22-,25-,26+/m1/s1. The van der Waals surface area contributed by atoms with Crippen LogP contribution in [0.15, 0.2) is 73.2 Å². The summed E-state index contributed by atoms with van der Waals surface area (Å²) in [6, 6.07) is 19.4. The van der Waals surface area contributed by atoms with Crippen molar-refractivity contribution in [2.75, 3.05) is 6.61 Å². The zero-order valence-corrected chi connectivity index (χ0v) is 19.8. The van der Waals surface area contributed by atoms with Gasteiger partial charge in [-0.1, -0.05) is 72.3 Å². The largest absolute Gasteiger partial charge is 0.383 e. The highest BCUT2D eigenvalue weighted by atomic mass is 35.5. The van der Waals surface area contributed by atoms with Gasteiger partial charge in [-0.25, -0.2) is 14.4 Å². The number of fused-ring (bicyclic) bond motifs is 1. The number of aromatic nitrogens is 3. The van der Waals surface area contributed by atoms with Crippen molar-refractivity contribution in [1.29, 1.82) is 0 Å². The molecule has 0 amide bonds. The Balaban J connectivity index is 1.42. The summed E-state index contributed by atoms with van der Waals surface area (Å²) in [5.41, 5.74) is 0.652. The molecule has 1 fully saturated rings. The van der Waals surface area contributed by atoms with Gasteiger partial charge in [-0.3, -0.25) is 4.57 Å². The van der Waals surface area contributed by atoms with E-state index in [-0.39, 0.29) is 29.4 Å². The molecule has 1 aliphatic rings. The number of hydrogen-bond donors (Lipinski definition) is 1. The van der Waals surface area contributed by atoms with Gasteiger partial charge in [0.15, 0.2) is 12.0 Å². The molecular weight excluding hydrogens is 473 g/mol. The van der Waals surface area contributed by atoms with Crippen LogP contribution in [-0.4, -0.2) is 44.1 Å². The molecule has 0 saturated carbocycles. The molecule has 1 saturated heterocycles. The monoisotopic (exact) mass is 497 g/mol. The first-order valence-corrected chi connectivity index (χ1v) is 11.6. The molecule has 5 rings (SSSR count). The van der Waals surface area contributed by atoms with Crippen molar-refractivity contribution in [3.8, 4) is 0 Å². The molecule has 4 atom stereocenters. The molecule has 0 aliphatic carbocycles. The molecule has 4 aromatic rings. The summed E-state index contributed by atoms with van der Waals surface area (Å²) >= 11 is 6.10. The van der Waals surface area contributed by atoms with Gasteiger partial charge in [-0.15, -0.1) is 0 Å². The van der Waals surface area contributed by atoms with E-state index in [1.54, 1.807) is 6.92 Å². The number of nitrogens with zero attached hydrogens (tertiary/aromatic N) is 3. The van der Waals surface area contributed by atoms with Gasteiger partial charge in [0.1, 0.15) is 34.9 Å². The normalized spacial score (nSPS) is 24.3. The lowest BCUT2D eigenvalue weighted by atomic mass is 9.96. The maximum Gasteiger partial charge on any atom is 0.167 e. The number of aliphatic hydroxyl groups is 1. The van der Waals surface area contributed by atoms with Gasteiger partial charge < -0.3 is 19.3 Å². The summed E-state index contributed by atoms with van der Waals surface area (Å²) in [4.78, 5) is 8.04. The van der Waals surface area contributed by atoms with Crippen molar-refractivity contribution in [2.24, 2.45) is 0 Å². The highest BCUT2D eigenvalue weighted by molar-refractivity contribution is 6.34. The third-order valence-electron chi connectivity index (χ3n) is 6.15. The third-order valence-corrected chi connectivity index (χ3v) is 6.44. The first kappa shape index (κ1) is 23.8. The Kier molecular flexibility index (Phi) is 6.82. The lowest BCUT2D eigenvalue weighted by molar-refractivity contribution is -0.114. The molecular formula is C26H25ClFN3O4. The molecule has 3 heterocycles. The van der Waals surface area contributed by atoms with Gasteiger partial charge in [0.25, 0.3) is 0 Å². The van der Waals surface area contributed by atoms with Gasteiger partial charge >= 0.3 is 0 Å². The van der Waals surface area contributed by atoms with Crippen LogP contribution in [0.1, 0.15) is 24.3 Å². The zero-order chi connectivity index (χ0) is 24.4. The summed E-state index contributed by atoms with van der Waals surface area (Å²) in [5.74, 6) is -0.601. The molecule has 7 nitrogen and oxygen atoms in total. The molecule has 0 unspecified atom stereocenters. The zero-order valence-electron chi connectivity index (χ0n) is 19.1. The molecule has 0 spiro atoms. The van der Waals surface area contributed by atoms with E-state index in [1.807, 2.05) is 60.7 Å². The maximum atomic E-state index is 14.7. The minimum Gasteiger partial charge on any atom is -0.383 e. The summed E-state index contributed by atoms with van der Waals surface area (Å²) in [6.45, 7) is 2.42. The molecule has 0 bridgehead atoms. The molecule has 2 aromatic heterocycles. The van der Waals surface area contributed by atoms with Crippen LogP contribution in [0.5, 0.6) is 0 Å². The van der Waals surface area contributed by atoms with Crippen LogP contribution < -0.4 is 0 Å². The van der Waals surface area contributed by atoms with Crippen LogP contribution in [0, 0.1) is 5.82 Å². The second-order valence-corrected chi connectivity index (χ2v) is 9.08. The van der Waals surface area contributed by atoms with Gasteiger partial charge in [-0.2, -0.15) is 0 Å². The molecule has 1 aliphatic heterocycles. The quantitative estimate of drug-likeness (QED) is 0.356. The first-order valence-electron chi connectivity index (χ1n) is 11.3. The average molecular weight is 498 g/mol. The van der Waals surface area contributed by atoms with Crippen molar-refractivity contribution >= 4 is 22.6 Å². The van der Waals surface area contributed by atoms with Crippen LogP contribution in [0.2, 0.25) is 5.15 Å². The van der Waals surface area contributed by atoms with E-state index in [0.29, 0.717) is 6.61 Å². The number of halogens is 2. The van der Waals surface area contributed by atoms with Crippen LogP contribution in [0.4, 0.5) is 4.39 Å². The summed E-state index contributed by atoms with van der Waals surface area (Å²) in [7, 11) is 0. The Labute approximate surface area is 207 Å². The van der Waals surface area contributed by atoms with E-state index >= 15 is 0 Å². The fourth-order valence-corrected chi connectivity index (χ4v) is 4.67. The van der Waals surface area contributed by atoms with Crippen molar-refractivity contribution in [1.82, 2.24) is 14.5 Å². The summed E-state index contributed by atoms with van der Waals surface area (Å²) in [6.07, 6.45) is 0.0769. The second kappa shape index (κ2) is 10.0. The number of hydrogen-bond acceptors (Lipinski definition) is 6. The van der Waals surface area contributed by atoms with Crippen LogP contribution >= 0.6 is 11.6 Å². The molecule has 9 heteroatoms. The molecule has 182 valence electrons. The number of ether oxygens (including phenoxy) is 3. The molecule has 0 radical (unpaired) electrons. The van der Waals surface area contributed by atoms with Gasteiger partial charge in [0.2, 0.25) is 0 Å². The smallest absolute Gasteiger partial charge is 0.167 e. The fourth-order valence-electron chi connectivity index (χ4n) is 4.45. The van der Waals surface area contributed by atoms with Crippen molar-refractivity contribution < 1.29 is 23.7 Å². The van der Waals surface area contributed by atoms with Crippen molar-refractivity contribution in [2.45, 2.75) is 44.2 Å². The third kappa shape index (κ3) is 4.80. The lowest BCUT2D eigenvalue weighted by Crippen LogP contribution is -2.46. The van der Waals surface area contributed by atoms with E-state index in [9.17, 15) is 9.50 Å². The lowest BCUT2D eigenvalue weighted by Gasteiger charge is -2.30. The topological polar surface area (TPSA) is 78.6 Å². The van der Waals surface area contributed by atoms with Crippen LogP contribution in [0.3, 0.4) is 0 Å². The van der Waals surface area contributed by atoms with Crippen LogP contribution in [-0.2, 0) is 27.4 Å². The van der Waals surface area contributed by atoms with E-state index < -0.39 is 29.9 Å². The van der Waals surface area contributed by atoms with Crippen molar-refractivity contribution in [3.63, 3.8) is 0 Å². The van der Waals surface area contributed by atoms with E-state index in [2.05, 4.69) is 9.97 Å². The maximum absolute atomic E-state index is 14.7. The highest BCUT2D eigenvalue weighted by Gasteiger charge is 2.55. The van der Waals surface area contributed by atoms with Gasteiger partial charge in [0.05, 0.1) is 25.2 Å². The predicted octanol–water partition coefficient (Wildman–Crippen LogP) is 4.67. The molecule has 35 heavy (non-hydrogen) atoms. The van der Waals surface area contributed by atoms with Crippen molar-refractivity contribution in [3.05, 3.63) is 95.3 Å². The minimum absolute atomic E-state index is 0.0106. The highest BCUT2D eigenvalue weighted by Crippen LogP contribution is 2.42. The predicted molar refractivity (Wildman–Crippen MR) is 128 cm³/mol. The van der Waals surface area contributed by atoms with E-state index in [4.69, 9.17) is 25.8 Å². The summed E-state index contributed by atoms with van der Waals surface area (Å²) in [5, 5.41) is 11.7. The van der Waals surface area contributed by atoms with E-state index in [1.165, 1.54) is 17.1 Å². The SMILES string of the molecule is C[C@]1(O)[C@H](OCc2ccccc2)[C@@H](COCc2ccccc2)O[C@H]1n1cc(F)c2c(Cl)ncnc21. The Morgan fingerprint density at radius 1 is 1.06 bits per heavy atom. The molecule has 2 aromatic carbocycles. The van der Waals surface area contributed by atoms with Gasteiger partial charge in [0, 0.05) is 6.20 Å². The Morgan fingerprint density at radius 2 is 1.71 bits per heavy atom. The number of benzene rings is 2. The number of rotatable bonds is 8. The minimum atomic E-state index is -1.54. The molecule has 1 N–H and O–H groups in total. The fraction of sp³-hybridized carbons (Fsp3) is 0.308. The summed E-state index contributed by atoms with van der Waals surface area (Å²) < 4.78 is 34.6. The Morgan fingerprint density at radius 3 is 2.40 bits per heavy atom. The first-order chi connectivity index (χ1) is 16.9. The van der Waals surface area contributed by atoms with Crippen LogP contribution in [0.25, 0.3) is 11.0 Å². The Bertz CT molecular complexity index is 1290. The Hall–Kier alpha value is -2.88. The average Bonchev–Trinajstić information content (AvgIpc) is 3.32. The van der Waals surface area contributed by atoms with E-state index in [0.717, 1.165) is 11.1 Å². The van der Waals surface area contributed by atoms with Gasteiger partial charge in [-0.05, 0) is 18.1 Å².